The number of pyridine rings is 1. The summed E-state index contributed by atoms with van der Waals surface area (Å²) in [6.07, 6.45) is 3.73. The van der Waals surface area contributed by atoms with Gasteiger partial charge in [0.25, 0.3) is 0 Å². The van der Waals surface area contributed by atoms with Gasteiger partial charge in [-0.1, -0.05) is 37.3 Å². The molecule has 1 atom stereocenters. The fourth-order valence-electron chi connectivity index (χ4n) is 3.09. The zero-order chi connectivity index (χ0) is 18.9. The van der Waals surface area contributed by atoms with Crippen molar-refractivity contribution in [2.45, 2.75) is 12.8 Å². The molecule has 140 valence electrons. The van der Waals surface area contributed by atoms with E-state index in [4.69, 9.17) is 9.47 Å². The minimum Gasteiger partial charge on any atom is -0.497 e. The van der Waals surface area contributed by atoms with Gasteiger partial charge >= 0.3 is 0 Å². The Kier molecular flexibility index (Phi) is 6.83. The molecule has 0 spiro atoms. The molecular formula is C23H26N2O2. The molecule has 0 amide bonds. The molecule has 3 aromatic rings. The molecule has 1 unspecified atom stereocenters. The van der Waals surface area contributed by atoms with E-state index in [2.05, 4.69) is 47.6 Å². The molecule has 0 saturated carbocycles. The molecule has 0 aliphatic rings. The molecule has 3 rings (SSSR count). The number of hydrogen-bond donors (Lipinski definition) is 1. The van der Waals surface area contributed by atoms with Crippen LogP contribution < -0.4 is 14.8 Å². The topological polar surface area (TPSA) is 43.4 Å². The van der Waals surface area contributed by atoms with Crippen molar-refractivity contribution >= 4 is 0 Å². The third-order valence-corrected chi connectivity index (χ3v) is 4.48. The fraction of sp³-hybridized carbons (Fsp3) is 0.261. The molecule has 0 bridgehead atoms. The zero-order valence-electron chi connectivity index (χ0n) is 15.9. The molecule has 1 aromatic heterocycles. The van der Waals surface area contributed by atoms with Crippen molar-refractivity contribution in [2.24, 2.45) is 0 Å². The summed E-state index contributed by atoms with van der Waals surface area (Å²) in [6, 6.07) is 20.6. The molecule has 2 aromatic carbocycles. The number of nitrogens with one attached hydrogen (secondary N) is 1. The van der Waals surface area contributed by atoms with E-state index in [1.54, 1.807) is 13.3 Å². The first-order valence-electron chi connectivity index (χ1n) is 9.29. The minimum atomic E-state index is 0.111. The summed E-state index contributed by atoms with van der Waals surface area (Å²) in [7, 11) is 1.68. The summed E-state index contributed by atoms with van der Waals surface area (Å²) in [4.78, 5) is 4.31. The van der Waals surface area contributed by atoms with Crippen LogP contribution in [0.4, 0.5) is 0 Å². The minimum absolute atomic E-state index is 0.111. The molecule has 1 N–H and O–H groups in total. The molecule has 0 saturated heterocycles. The Balaban J connectivity index is 1.84. The molecular weight excluding hydrogens is 336 g/mol. The fourth-order valence-corrected chi connectivity index (χ4v) is 3.09. The maximum atomic E-state index is 5.79. The standard InChI is InChI=1S/C23H26N2O2/c1-3-24-15-16-27-22-12-8-19(9-13-22)23(20-5-4-14-25-17-20)18-6-10-21(26-2)11-7-18/h4-14,17,23-24H,3,15-16H2,1-2H3. The van der Waals surface area contributed by atoms with E-state index in [1.807, 2.05) is 36.5 Å². The Morgan fingerprint density at radius 3 is 2.11 bits per heavy atom. The van der Waals surface area contributed by atoms with Gasteiger partial charge in [0.1, 0.15) is 18.1 Å². The maximum absolute atomic E-state index is 5.79. The first kappa shape index (κ1) is 18.9. The van der Waals surface area contributed by atoms with Crippen molar-refractivity contribution < 1.29 is 9.47 Å². The number of methoxy groups -OCH3 is 1. The molecule has 4 heteroatoms. The average Bonchev–Trinajstić information content (AvgIpc) is 2.74. The lowest BCUT2D eigenvalue weighted by Gasteiger charge is -2.19. The quantitative estimate of drug-likeness (QED) is 0.578. The van der Waals surface area contributed by atoms with Crippen molar-refractivity contribution in [2.75, 3.05) is 26.8 Å². The molecule has 0 aliphatic carbocycles. The number of hydrogen-bond acceptors (Lipinski definition) is 4. The van der Waals surface area contributed by atoms with E-state index >= 15 is 0 Å². The van der Waals surface area contributed by atoms with Gasteiger partial charge in [0.2, 0.25) is 0 Å². The van der Waals surface area contributed by atoms with Gasteiger partial charge in [-0.05, 0) is 53.6 Å². The average molecular weight is 362 g/mol. The lowest BCUT2D eigenvalue weighted by molar-refractivity contribution is 0.315. The Bertz CT molecular complexity index is 802. The van der Waals surface area contributed by atoms with Crippen LogP contribution in [-0.4, -0.2) is 31.8 Å². The molecule has 0 aliphatic heterocycles. The molecule has 27 heavy (non-hydrogen) atoms. The maximum Gasteiger partial charge on any atom is 0.119 e. The van der Waals surface area contributed by atoms with E-state index in [1.165, 1.54) is 11.1 Å². The third-order valence-electron chi connectivity index (χ3n) is 4.48. The van der Waals surface area contributed by atoms with Crippen LogP contribution in [0.2, 0.25) is 0 Å². The normalized spacial score (nSPS) is 11.8. The number of ether oxygens (including phenoxy) is 2. The zero-order valence-corrected chi connectivity index (χ0v) is 15.9. The van der Waals surface area contributed by atoms with Gasteiger partial charge in [-0.3, -0.25) is 4.98 Å². The Labute approximate surface area is 161 Å². The van der Waals surface area contributed by atoms with Crippen LogP contribution in [0.25, 0.3) is 0 Å². The SMILES string of the molecule is CCNCCOc1ccc(C(c2ccc(OC)cc2)c2cccnc2)cc1. The molecule has 1 heterocycles. The lowest BCUT2D eigenvalue weighted by Crippen LogP contribution is -2.20. The lowest BCUT2D eigenvalue weighted by atomic mass is 9.86. The van der Waals surface area contributed by atoms with Crippen LogP contribution in [0.5, 0.6) is 11.5 Å². The summed E-state index contributed by atoms with van der Waals surface area (Å²) in [5.74, 6) is 1.85. The summed E-state index contributed by atoms with van der Waals surface area (Å²) in [6.45, 7) is 4.56. The van der Waals surface area contributed by atoms with Crippen molar-refractivity contribution in [1.29, 1.82) is 0 Å². The highest BCUT2D eigenvalue weighted by Crippen LogP contribution is 2.33. The predicted octanol–water partition coefficient (Wildman–Crippen LogP) is 4.26. The van der Waals surface area contributed by atoms with E-state index in [-0.39, 0.29) is 5.92 Å². The van der Waals surface area contributed by atoms with Gasteiger partial charge < -0.3 is 14.8 Å². The van der Waals surface area contributed by atoms with Crippen LogP contribution in [0.1, 0.15) is 29.5 Å². The van der Waals surface area contributed by atoms with E-state index in [0.29, 0.717) is 6.61 Å². The smallest absolute Gasteiger partial charge is 0.119 e. The molecule has 0 radical (unpaired) electrons. The van der Waals surface area contributed by atoms with Crippen LogP contribution >= 0.6 is 0 Å². The van der Waals surface area contributed by atoms with Crippen molar-refractivity contribution in [1.82, 2.24) is 10.3 Å². The number of likely N-dealkylation sites (N-methyl/N-ethyl adjacent to an activating group) is 1. The summed E-state index contributed by atoms with van der Waals surface area (Å²) in [5.41, 5.74) is 3.56. The van der Waals surface area contributed by atoms with Crippen molar-refractivity contribution in [3.8, 4) is 11.5 Å². The van der Waals surface area contributed by atoms with Gasteiger partial charge in [-0.15, -0.1) is 0 Å². The van der Waals surface area contributed by atoms with Crippen molar-refractivity contribution in [3.63, 3.8) is 0 Å². The summed E-state index contributed by atoms with van der Waals surface area (Å²) >= 11 is 0. The Morgan fingerprint density at radius 1 is 0.889 bits per heavy atom. The molecule has 0 fully saturated rings. The van der Waals surface area contributed by atoms with Gasteiger partial charge in [-0.25, -0.2) is 0 Å². The first-order chi connectivity index (χ1) is 13.3. The van der Waals surface area contributed by atoms with Crippen molar-refractivity contribution in [3.05, 3.63) is 89.7 Å². The van der Waals surface area contributed by atoms with Crippen LogP contribution in [0, 0.1) is 0 Å². The van der Waals surface area contributed by atoms with Gasteiger partial charge in [-0.2, -0.15) is 0 Å². The second-order valence-corrected chi connectivity index (χ2v) is 6.26. The van der Waals surface area contributed by atoms with E-state index in [0.717, 1.165) is 30.2 Å². The summed E-state index contributed by atoms with van der Waals surface area (Å²) < 4.78 is 11.1. The Morgan fingerprint density at radius 2 is 1.56 bits per heavy atom. The largest absolute Gasteiger partial charge is 0.497 e. The van der Waals surface area contributed by atoms with Gasteiger partial charge in [0.15, 0.2) is 0 Å². The van der Waals surface area contributed by atoms with Gasteiger partial charge in [0.05, 0.1) is 7.11 Å². The number of nitrogens with zero attached hydrogens (tertiary/aromatic N) is 1. The number of rotatable bonds is 9. The van der Waals surface area contributed by atoms with E-state index in [9.17, 15) is 0 Å². The monoisotopic (exact) mass is 362 g/mol. The van der Waals surface area contributed by atoms with E-state index < -0.39 is 0 Å². The number of benzene rings is 2. The Hall–Kier alpha value is -2.85. The predicted molar refractivity (Wildman–Crippen MR) is 109 cm³/mol. The highest BCUT2D eigenvalue weighted by atomic mass is 16.5. The second kappa shape index (κ2) is 9.74. The van der Waals surface area contributed by atoms with Gasteiger partial charge in [0, 0.05) is 24.9 Å². The number of aromatic nitrogens is 1. The summed E-state index contributed by atoms with van der Waals surface area (Å²) in [5, 5.41) is 3.26. The van der Waals surface area contributed by atoms with Crippen LogP contribution in [0.15, 0.2) is 73.1 Å². The second-order valence-electron chi connectivity index (χ2n) is 6.26. The molecule has 4 nitrogen and oxygen atoms in total. The third kappa shape index (κ3) is 5.08. The highest BCUT2D eigenvalue weighted by molar-refractivity contribution is 5.45. The van der Waals surface area contributed by atoms with Crippen LogP contribution in [-0.2, 0) is 0 Å². The van der Waals surface area contributed by atoms with Crippen LogP contribution in [0.3, 0.4) is 0 Å². The highest BCUT2D eigenvalue weighted by Gasteiger charge is 2.17. The first-order valence-corrected chi connectivity index (χ1v) is 9.29.